The van der Waals surface area contributed by atoms with E-state index in [1.807, 2.05) is 0 Å². The van der Waals surface area contributed by atoms with Crippen molar-refractivity contribution < 1.29 is 8.78 Å². The summed E-state index contributed by atoms with van der Waals surface area (Å²) in [6.07, 6.45) is 0. The van der Waals surface area contributed by atoms with E-state index in [-0.39, 0.29) is 22.1 Å². The van der Waals surface area contributed by atoms with E-state index in [0.717, 1.165) is 0 Å². The molecule has 1 heterocycles. The summed E-state index contributed by atoms with van der Waals surface area (Å²) >= 11 is 6.00. The Bertz CT molecular complexity index is 774. The fourth-order valence-corrected chi connectivity index (χ4v) is 2.08. The van der Waals surface area contributed by atoms with Gasteiger partial charge in [-0.3, -0.25) is 0 Å². The first-order chi connectivity index (χ1) is 9.16. The van der Waals surface area contributed by atoms with Crippen LogP contribution in [0.1, 0.15) is 0 Å². The van der Waals surface area contributed by atoms with Crippen molar-refractivity contribution in [2.75, 3.05) is 0 Å². The second-order valence-corrected chi connectivity index (χ2v) is 4.31. The van der Waals surface area contributed by atoms with Gasteiger partial charge in [0, 0.05) is 5.39 Å². The number of nitrogens with zero attached hydrogens (tertiary/aromatic N) is 2. The Kier molecular flexibility index (Phi) is 2.87. The summed E-state index contributed by atoms with van der Waals surface area (Å²) in [5, 5.41) is 0.504. The van der Waals surface area contributed by atoms with Gasteiger partial charge in [0.25, 0.3) is 0 Å². The minimum atomic E-state index is -0.514. The smallest absolute Gasteiger partial charge is 0.164 e. The van der Waals surface area contributed by atoms with E-state index in [1.165, 1.54) is 24.3 Å². The molecule has 5 heteroatoms. The molecule has 0 fully saturated rings. The summed E-state index contributed by atoms with van der Waals surface area (Å²) in [4.78, 5) is 8.08. The highest BCUT2D eigenvalue weighted by Crippen LogP contribution is 2.27. The van der Waals surface area contributed by atoms with Crippen LogP contribution in [0, 0.1) is 11.6 Å². The third kappa shape index (κ3) is 2.04. The molecule has 19 heavy (non-hydrogen) atoms. The first-order valence-electron chi connectivity index (χ1n) is 5.53. The van der Waals surface area contributed by atoms with Crippen LogP contribution >= 0.6 is 11.6 Å². The number of hydrogen-bond acceptors (Lipinski definition) is 2. The molecule has 0 atom stereocenters. The van der Waals surface area contributed by atoms with Crippen molar-refractivity contribution in [2.24, 2.45) is 0 Å². The predicted molar refractivity (Wildman–Crippen MR) is 69.9 cm³/mol. The molecule has 94 valence electrons. The SMILES string of the molecule is Fc1ccccc1-c1nc(Cl)c2cccc(F)c2n1. The highest BCUT2D eigenvalue weighted by molar-refractivity contribution is 6.34. The van der Waals surface area contributed by atoms with Crippen LogP contribution < -0.4 is 0 Å². The molecule has 0 spiro atoms. The molecule has 0 N–H and O–H groups in total. The van der Waals surface area contributed by atoms with E-state index >= 15 is 0 Å². The summed E-state index contributed by atoms with van der Waals surface area (Å²) in [6, 6.07) is 10.4. The summed E-state index contributed by atoms with van der Waals surface area (Å²) in [6.45, 7) is 0. The van der Waals surface area contributed by atoms with Gasteiger partial charge < -0.3 is 0 Å². The Balaban J connectivity index is 2.33. The molecule has 0 radical (unpaired) electrons. The molecule has 0 aliphatic rings. The van der Waals surface area contributed by atoms with E-state index in [2.05, 4.69) is 9.97 Å². The minimum Gasteiger partial charge on any atom is -0.225 e. The Hall–Kier alpha value is -2.07. The van der Waals surface area contributed by atoms with Gasteiger partial charge in [0.1, 0.15) is 22.3 Å². The molecule has 0 unspecified atom stereocenters. The van der Waals surface area contributed by atoms with Gasteiger partial charge in [0.05, 0.1) is 5.56 Å². The van der Waals surface area contributed by atoms with Gasteiger partial charge in [-0.25, -0.2) is 18.7 Å². The fraction of sp³-hybridized carbons (Fsp3) is 0. The average molecular weight is 277 g/mol. The third-order valence-electron chi connectivity index (χ3n) is 2.75. The molecule has 3 rings (SSSR count). The van der Waals surface area contributed by atoms with Gasteiger partial charge in [-0.15, -0.1) is 0 Å². The van der Waals surface area contributed by atoms with Crippen LogP contribution in [0.2, 0.25) is 5.15 Å². The van der Waals surface area contributed by atoms with Crippen LogP contribution in [0.3, 0.4) is 0 Å². The largest absolute Gasteiger partial charge is 0.225 e. The van der Waals surface area contributed by atoms with Crippen molar-refractivity contribution in [1.82, 2.24) is 9.97 Å². The van der Waals surface area contributed by atoms with Gasteiger partial charge >= 0.3 is 0 Å². The molecule has 3 aromatic rings. The molecule has 0 bridgehead atoms. The number of aromatic nitrogens is 2. The maximum Gasteiger partial charge on any atom is 0.164 e. The second kappa shape index (κ2) is 4.55. The molecule has 1 aromatic heterocycles. The van der Waals surface area contributed by atoms with Crippen molar-refractivity contribution in [2.45, 2.75) is 0 Å². The van der Waals surface area contributed by atoms with Crippen LogP contribution in [-0.2, 0) is 0 Å². The Morgan fingerprint density at radius 3 is 2.37 bits per heavy atom. The maximum atomic E-state index is 13.7. The zero-order chi connectivity index (χ0) is 13.4. The van der Waals surface area contributed by atoms with Crippen LogP contribution in [-0.4, -0.2) is 9.97 Å². The Labute approximate surface area is 112 Å². The molecule has 0 saturated heterocycles. The number of rotatable bonds is 1. The van der Waals surface area contributed by atoms with Crippen LogP contribution in [0.5, 0.6) is 0 Å². The van der Waals surface area contributed by atoms with Crippen molar-refractivity contribution in [3.8, 4) is 11.4 Å². The molecule has 0 aliphatic carbocycles. The van der Waals surface area contributed by atoms with Gasteiger partial charge in [-0.2, -0.15) is 0 Å². The molecule has 2 aromatic carbocycles. The van der Waals surface area contributed by atoms with Crippen LogP contribution in [0.4, 0.5) is 8.78 Å². The van der Waals surface area contributed by atoms with Crippen molar-refractivity contribution in [3.05, 3.63) is 59.3 Å². The van der Waals surface area contributed by atoms with Crippen LogP contribution in [0.25, 0.3) is 22.3 Å². The van der Waals surface area contributed by atoms with E-state index in [1.54, 1.807) is 18.2 Å². The average Bonchev–Trinajstić information content (AvgIpc) is 2.40. The van der Waals surface area contributed by atoms with Gasteiger partial charge in [0.15, 0.2) is 5.82 Å². The summed E-state index contributed by atoms with van der Waals surface area (Å²) in [7, 11) is 0. The molecule has 0 amide bonds. The Morgan fingerprint density at radius 2 is 1.58 bits per heavy atom. The van der Waals surface area contributed by atoms with Gasteiger partial charge in [-0.05, 0) is 24.3 Å². The number of para-hydroxylation sites is 1. The number of benzene rings is 2. The second-order valence-electron chi connectivity index (χ2n) is 3.95. The zero-order valence-corrected chi connectivity index (χ0v) is 10.3. The Morgan fingerprint density at radius 1 is 0.842 bits per heavy atom. The zero-order valence-electron chi connectivity index (χ0n) is 9.57. The molecule has 0 aliphatic heterocycles. The lowest BCUT2D eigenvalue weighted by Crippen LogP contribution is -1.95. The summed E-state index contributed by atoms with van der Waals surface area (Å²) in [5.74, 6) is -0.922. The first kappa shape index (κ1) is 12.0. The predicted octanol–water partition coefficient (Wildman–Crippen LogP) is 4.23. The highest BCUT2D eigenvalue weighted by atomic mass is 35.5. The van der Waals surface area contributed by atoms with E-state index in [9.17, 15) is 8.78 Å². The van der Waals surface area contributed by atoms with E-state index in [0.29, 0.717) is 5.39 Å². The van der Waals surface area contributed by atoms with Crippen molar-refractivity contribution >= 4 is 22.5 Å². The van der Waals surface area contributed by atoms with Crippen molar-refractivity contribution in [3.63, 3.8) is 0 Å². The van der Waals surface area contributed by atoms with E-state index in [4.69, 9.17) is 11.6 Å². The summed E-state index contributed by atoms with van der Waals surface area (Å²) in [5.41, 5.74) is 0.273. The van der Waals surface area contributed by atoms with Crippen LogP contribution in [0.15, 0.2) is 42.5 Å². The number of hydrogen-bond donors (Lipinski definition) is 0. The normalized spacial score (nSPS) is 10.9. The fourth-order valence-electron chi connectivity index (χ4n) is 1.84. The van der Waals surface area contributed by atoms with Crippen molar-refractivity contribution in [1.29, 1.82) is 0 Å². The van der Waals surface area contributed by atoms with Gasteiger partial charge in [0.2, 0.25) is 0 Å². The monoisotopic (exact) mass is 276 g/mol. The summed E-state index contributed by atoms with van der Waals surface area (Å²) < 4.78 is 27.4. The lowest BCUT2D eigenvalue weighted by atomic mass is 10.2. The lowest BCUT2D eigenvalue weighted by Gasteiger charge is -2.05. The molecule has 2 nitrogen and oxygen atoms in total. The number of halogens is 3. The third-order valence-corrected chi connectivity index (χ3v) is 3.03. The number of fused-ring (bicyclic) bond motifs is 1. The first-order valence-corrected chi connectivity index (χ1v) is 5.91. The molecular formula is C14H7ClF2N2. The van der Waals surface area contributed by atoms with E-state index < -0.39 is 11.6 Å². The quantitative estimate of drug-likeness (QED) is 0.622. The molecule has 0 saturated carbocycles. The topological polar surface area (TPSA) is 25.8 Å². The lowest BCUT2D eigenvalue weighted by molar-refractivity contribution is 0.628. The minimum absolute atomic E-state index is 0.0701. The molecular weight excluding hydrogens is 270 g/mol. The maximum absolute atomic E-state index is 13.7. The highest BCUT2D eigenvalue weighted by Gasteiger charge is 2.13. The standard InChI is InChI=1S/C14H7ClF2N2/c15-13-9-5-3-7-11(17)12(9)18-14(19-13)8-4-1-2-6-10(8)16/h1-7H. The van der Waals surface area contributed by atoms with Gasteiger partial charge in [-0.1, -0.05) is 29.8 Å².